The first-order valence-corrected chi connectivity index (χ1v) is 8.89. The lowest BCUT2D eigenvalue weighted by Crippen LogP contribution is -2.00. The largest absolute Gasteiger partial charge is 0.456 e. The molecular weight excluding hydrogens is 320 g/mol. The summed E-state index contributed by atoms with van der Waals surface area (Å²) in [5.74, 6) is 1.14. The van der Waals surface area contributed by atoms with Crippen molar-refractivity contribution in [2.75, 3.05) is 0 Å². The van der Waals surface area contributed by atoms with Gasteiger partial charge in [-0.1, -0.05) is 56.3 Å². The van der Waals surface area contributed by atoms with Gasteiger partial charge in [0.15, 0.2) is 0 Å². The van der Waals surface area contributed by atoms with Crippen molar-refractivity contribution in [2.24, 2.45) is 0 Å². The Bertz CT molecular complexity index is 1270. The maximum atomic E-state index is 6.06. The lowest BCUT2D eigenvalue weighted by atomic mass is 10.0. The van der Waals surface area contributed by atoms with Gasteiger partial charge < -0.3 is 4.42 Å². The minimum absolute atomic E-state index is 0.272. The van der Waals surface area contributed by atoms with Crippen LogP contribution in [0.3, 0.4) is 0 Å². The standard InChI is InChI=1S/C23H18N2O/c1-14(2)23-24-19-9-5-3-8-18(19)22(25-23)15-11-12-17-16-7-4-6-10-20(16)26-21(17)13-15/h3-14H,1-2H3. The zero-order valence-electron chi connectivity index (χ0n) is 14.7. The van der Waals surface area contributed by atoms with Gasteiger partial charge in [-0.3, -0.25) is 0 Å². The van der Waals surface area contributed by atoms with E-state index >= 15 is 0 Å². The Hall–Kier alpha value is -3.20. The molecule has 0 aliphatic carbocycles. The van der Waals surface area contributed by atoms with Crippen molar-refractivity contribution in [3.63, 3.8) is 0 Å². The molecule has 3 nitrogen and oxygen atoms in total. The highest BCUT2D eigenvalue weighted by Crippen LogP contribution is 2.34. The Morgan fingerprint density at radius 3 is 2.31 bits per heavy atom. The summed E-state index contributed by atoms with van der Waals surface area (Å²) in [6.45, 7) is 4.24. The fourth-order valence-corrected chi connectivity index (χ4v) is 3.45. The molecule has 0 saturated carbocycles. The Balaban J connectivity index is 1.80. The number of para-hydroxylation sites is 2. The molecule has 0 aliphatic rings. The van der Waals surface area contributed by atoms with Crippen molar-refractivity contribution in [3.05, 3.63) is 72.6 Å². The number of rotatable bonds is 2. The Kier molecular flexibility index (Phi) is 3.29. The molecule has 0 aliphatic heterocycles. The van der Waals surface area contributed by atoms with Crippen LogP contribution in [-0.4, -0.2) is 9.97 Å². The zero-order valence-corrected chi connectivity index (χ0v) is 14.7. The maximum Gasteiger partial charge on any atom is 0.136 e. The van der Waals surface area contributed by atoms with E-state index < -0.39 is 0 Å². The third kappa shape index (κ3) is 2.28. The Morgan fingerprint density at radius 2 is 1.46 bits per heavy atom. The van der Waals surface area contributed by atoms with Crippen molar-refractivity contribution >= 4 is 32.8 Å². The third-order valence-electron chi connectivity index (χ3n) is 4.79. The van der Waals surface area contributed by atoms with Crippen LogP contribution in [0.5, 0.6) is 0 Å². The summed E-state index contributed by atoms with van der Waals surface area (Å²) in [6.07, 6.45) is 0. The van der Waals surface area contributed by atoms with E-state index in [9.17, 15) is 0 Å². The predicted molar refractivity (Wildman–Crippen MR) is 106 cm³/mol. The van der Waals surface area contributed by atoms with E-state index in [1.807, 2.05) is 36.4 Å². The molecule has 0 atom stereocenters. The lowest BCUT2D eigenvalue weighted by molar-refractivity contribution is 0.669. The van der Waals surface area contributed by atoms with Crippen LogP contribution in [0.4, 0.5) is 0 Å². The van der Waals surface area contributed by atoms with E-state index in [0.29, 0.717) is 0 Å². The molecule has 2 heterocycles. The van der Waals surface area contributed by atoms with Gasteiger partial charge in [-0.05, 0) is 24.3 Å². The summed E-state index contributed by atoms with van der Waals surface area (Å²) >= 11 is 0. The number of aromatic nitrogens is 2. The first-order valence-electron chi connectivity index (χ1n) is 8.89. The topological polar surface area (TPSA) is 38.9 Å². The van der Waals surface area contributed by atoms with E-state index in [1.54, 1.807) is 0 Å². The fraction of sp³-hybridized carbons (Fsp3) is 0.130. The Labute approximate surface area is 151 Å². The molecular formula is C23H18N2O. The number of benzene rings is 3. The smallest absolute Gasteiger partial charge is 0.136 e. The second-order valence-corrected chi connectivity index (χ2v) is 6.91. The van der Waals surface area contributed by atoms with Crippen LogP contribution in [0.15, 0.2) is 71.1 Å². The molecule has 2 aromatic heterocycles. The van der Waals surface area contributed by atoms with E-state index in [0.717, 1.165) is 49.9 Å². The van der Waals surface area contributed by atoms with Gasteiger partial charge in [-0.2, -0.15) is 0 Å². The summed E-state index contributed by atoms with van der Waals surface area (Å²) in [5.41, 5.74) is 4.79. The first kappa shape index (κ1) is 15.1. The normalized spacial score (nSPS) is 11.8. The summed E-state index contributed by atoms with van der Waals surface area (Å²) in [6, 6.07) is 22.7. The van der Waals surface area contributed by atoms with E-state index in [1.165, 1.54) is 0 Å². The summed E-state index contributed by atoms with van der Waals surface area (Å²) in [4.78, 5) is 9.60. The van der Waals surface area contributed by atoms with E-state index in [-0.39, 0.29) is 5.92 Å². The van der Waals surface area contributed by atoms with Gasteiger partial charge in [0.25, 0.3) is 0 Å². The molecule has 0 N–H and O–H groups in total. The van der Waals surface area contributed by atoms with Gasteiger partial charge >= 0.3 is 0 Å². The molecule has 126 valence electrons. The van der Waals surface area contributed by atoms with Crippen molar-refractivity contribution in [2.45, 2.75) is 19.8 Å². The van der Waals surface area contributed by atoms with Crippen LogP contribution in [0.1, 0.15) is 25.6 Å². The van der Waals surface area contributed by atoms with Crippen LogP contribution in [0.2, 0.25) is 0 Å². The monoisotopic (exact) mass is 338 g/mol. The SMILES string of the molecule is CC(C)c1nc(-c2ccc3c(c2)oc2ccccc23)c2ccccc2n1. The van der Waals surface area contributed by atoms with Crippen LogP contribution in [-0.2, 0) is 0 Å². The predicted octanol–water partition coefficient (Wildman–Crippen LogP) is 6.32. The molecule has 0 fully saturated rings. The second kappa shape index (κ2) is 5.67. The molecule has 5 aromatic rings. The summed E-state index contributed by atoms with van der Waals surface area (Å²) in [7, 11) is 0. The van der Waals surface area contributed by atoms with Gasteiger partial charge in [-0.15, -0.1) is 0 Å². The molecule has 3 aromatic carbocycles. The highest BCUT2D eigenvalue weighted by molar-refractivity contribution is 6.06. The fourth-order valence-electron chi connectivity index (χ4n) is 3.45. The highest BCUT2D eigenvalue weighted by Gasteiger charge is 2.14. The van der Waals surface area contributed by atoms with Gasteiger partial charge in [0, 0.05) is 27.6 Å². The molecule has 0 spiro atoms. The molecule has 5 rings (SSSR count). The molecule has 0 radical (unpaired) electrons. The molecule has 0 amide bonds. The van der Waals surface area contributed by atoms with Crippen LogP contribution in [0.25, 0.3) is 44.1 Å². The minimum atomic E-state index is 0.272. The third-order valence-corrected chi connectivity index (χ3v) is 4.79. The molecule has 0 unspecified atom stereocenters. The molecule has 3 heteroatoms. The molecule has 0 saturated heterocycles. The molecule has 26 heavy (non-hydrogen) atoms. The van der Waals surface area contributed by atoms with E-state index in [2.05, 4.69) is 44.2 Å². The van der Waals surface area contributed by atoms with Gasteiger partial charge in [0.1, 0.15) is 17.0 Å². The van der Waals surface area contributed by atoms with Gasteiger partial charge in [-0.25, -0.2) is 9.97 Å². The molecule has 0 bridgehead atoms. The summed E-state index contributed by atoms with van der Waals surface area (Å²) < 4.78 is 6.06. The van der Waals surface area contributed by atoms with Crippen molar-refractivity contribution in [1.29, 1.82) is 0 Å². The van der Waals surface area contributed by atoms with Gasteiger partial charge in [0.05, 0.1) is 11.2 Å². The number of hydrogen-bond donors (Lipinski definition) is 0. The highest BCUT2D eigenvalue weighted by atomic mass is 16.3. The quantitative estimate of drug-likeness (QED) is 0.378. The zero-order chi connectivity index (χ0) is 17.7. The van der Waals surface area contributed by atoms with Crippen molar-refractivity contribution in [1.82, 2.24) is 9.97 Å². The number of hydrogen-bond acceptors (Lipinski definition) is 3. The number of nitrogens with zero attached hydrogens (tertiary/aromatic N) is 2. The van der Waals surface area contributed by atoms with E-state index in [4.69, 9.17) is 14.4 Å². The van der Waals surface area contributed by atoms with Crippen LogP contribution >= 0.6 is 0 Å². The van der Waals surface area contributed by atoms with Crippen molar-refractivity contribution < 1.29 is 4.42 Å². The lowest BCUT2D eigenvalue weighted by Gasteiger charge is -2.10. The number of furan rings is 1. The second-order valence-electron chi connectivity index (χ2n) is 6.91. The number of fused-ring (bicyclic) bond motifs is 4. The maximum absolute atomic E-state index is 6.06. The van der Waals surface area contributed by atoms with Crippen molar-refractivity contribution in [3.8, 4) is 11.3 Å². The van der Waals surface area contributed by atoms with Gasteiger partial charge in [0.2, 0.25) is 0 Å². The van der Waals surface area contributed by atoms with Crippen LogP contribution < -0.4 is 0 Å². The van der Waals surface area contributed by atoms with Crippen LogP contribution in [0, 0.1) is 0 Å². The summed E-state index contributed by atoms with van der Waals surface area (Å²) in [5, 5.41) is 3.34. The Morgan fingerprint density at radius 1 is 0.731 bits per heavy atom. The average Bonchev–Trinajstić information content (AvgIpc) is 3.04. The minimum Gasteiger partial charge on any atom is -0.456 e. The average molecular weight is 338 g/mol. The first-order chi connectivity index (χ1) is 12.7.